The summed E-state index contributed by atoms with van der Waals surface area (Å²) < 4.78 is 18.9. The van der Waals surface area contributed by atoms with Gasteiger partial charge in [0.1, 0.15) is 5.82 Å². The maximum atomic E-state index is 13.5. The molecule has 0 aromatic heterocycles. The van der Waals surface area contributed by atoms with E-state index in [1.54, 1.807) is 18.2 Å². The second-order valence-corrected chi connectivity index (χ2v) is 4.71. The molecule has 5 heteroatoms. The highest BCUT2D eigenvalue weighted by atomic mass is 35.5. The van der Waals surface area contributed by atoms with Crippen LogP contribution in [0, 0.1) is 5.82 Å². The van der Waals surface area contributed by atoms with Gasteiger partial charge < -0.3 is 15.0 Å². The van der Waals surface area contributed by atoms with Crippen molar-refractivity contribution >= 4 is 11.6 Å². The molecule has 0 saturated heterocycles. The number of nitrogens with one attached hydrogen (secondary N) is 1. The van der Waals surface area contributed by atoms with Gasteiger partial charge in [0.05, 0.1) is 18.2 Å². The standard InChI is InChI=1S/C13H20ClFN2O/c1-17(2)7-9-18-8-6-16-10-11-4-3-5-12(14)13(11)15/h3-5,16H,6-10H2,1-2H3. The SMILES string of the molecule is CN(C)CCOCCNCc1cccc(Cl)c1F. The molecule has 0 saturated carbocycles. The summed E-state index contributed by atoms with van der Waals surface area (Å²) in [4.78, 5) is 2.06. The van der Waals surface area contributed by atoms with Crippen molar-refractivity contribution in [3.8, 4) is 0 Å². The van der Waals surface area contributed by atoms with Crippen LogP contribution >= 0.6 is 11.6 Å². The van der Waals surface area contributed by atoms with Crippen molar-refractivity contribution in [1.82, 2.24) is 10.2 Å². The molecule has 1 N–H and O–H groups in total. The summed E-state index contributed by atoms with van der Waals surface area (Å²) >= 11 is 5.69. The molecule has 3 nitrogen and oxygen atoms in total. The zero-order valence-corrected chi connectivity index (χ0v) is 11.6. The lowest BCUT2D eigenvalue weighted by Crippen LogP contribution is -2.23. The fourth-order valence-electron chi connectivity index (χ4n) is 1.40. The van der Waals surface area contributed by atoms with Gasteiger partial charge in [0.2, 0.25) is 0 Å². The predicted octanol–water partition coefficient (Wildman–Crippen LogP) is 2.15. The molecule has 102 valence electrons. The summed E-state index contributed by atoms with van der Waals surface area (Å²) in [6.45, 7) is 3.39. The van der Waals surface area contributed by atoms with Gasteiger partial charge in [-0.15, -0.1) is 0 Å². The molecule has 0 bridgehead atoms. The first-order valence-electron chi connectivity index (χ1n) is 5.97. The van der Waals surface area contributed by atoms with E-state index in [4.69, 9.17) is 16.3 Å². The van der Waals surface area contributed by atoms with Gasteiger partial charge in [-0.05, 0) is 20.2 Å². The Morgan fingerprint density at radius 2 is 2.11 bits per heavy atom. The zero-order valence-electron chi connectivity index (χ0n) is 10.9. The molecule has 0 amide bonds. The van der Waals surface area contributed by atoms with Crippen LogP contribution in [0.25, 0.3) is 0 Å². The average Bonchev–Trinajstić information content (AvgIpc) is 2.32. The highest BCUT2D eigenvalue weighted by molar-refractivity contribution is 6.30. The van der Waals surface area contributed by atoms with E-state index in [-0.39, 0.29) is 10.8 Å². The lowest BCUT2D eigenvalue weighted by molar-refractivity contribution is 0.119. The predicted molar refractivity (Wildman–Crippen MR) is 72.5 cm³/mol. The number of ether oxygens (including phenoxy) is 1. The van der Waals surface area contributed by atoms with Crippen LogP contribution in [0.5, 0.6) is 0 Å². The summed E-state index contributed by atoms with van der Waals surface area (Å²) in [6.07, 6.45) is 0. The molecule has 0 radical (unpaired) electrons. The Hall–Kier alpha value is -0.680. The first kappa shape index (κ1) is 15.4. The molecule has 0 atom stereocenters. The van der Waals surface area contributed by atoms with Crippen molar-refractivity contribution in [3.63, 3.8) is 0 Å². The lowest BCUT2D eigenvalue weighted by atomic mass is 10.2. The second-order valence-electron chi connectivity index (χ2n) is 4.31. The van der Waals surface area contributed by atoms with Crippen LogP contribution in [0.2, 0.25) is 5.02 Å². The minimum atomic E-state index is -0.347. The van der Waals surface area contributed by atoms with Crippen LogP contribution < -0.4 is 5.32 Å². The van der Waals surface area contributed by atoms with Crippen molar-refractivity contribution < 1.29 is 9.13 Å². The summed E-state index contributed by atoms with van der Waals surface area (Å²) in [5, 5.41) is 3.28. The number of benzene rings is 1. The number of hydrogen-bond donors (Lipinski definition) is 1. The quantitative estimate of drug-likeness (QED) is 0.735. The Morgan fingerprint density at radius 3 is 2.83 bits per heavy atom. The molecule has 0 aliphatic heterocycles. The molecule has 18 heavy (non-hydrogen) atoms. The Balaban J connectivity index is 2.13. The van der Waals surface area contributed by atoms with E-state index >= 15 is 0 Å². The number of rotatable bonds is 8. The van der Waals surface area contributed by atoms with E-state index in [0.717, 1.165) is 6.54 Å². The van der Waals surface area contributed by atoms with Crippen molar-refractivity contribution in [2.75, 3.05) is 40.4 Å². The van der Waals surface area contributed by atoms with E-state index in [1.165, 1.54) is 0 Å². The van der Waals surface area contributed by atoms with Crippen molar-refractivity contribution in [3.05, 3.63) is 34.6 Å². The van der Waals surface area contributed by atoms with Crippen molar-refractivity contribution in [2.24, 2.45) is 0 Å². The summed E-state index contributed by atoms with van der Waals surface area (Å²) in [5.41, 5.74) is 0.579. The molecule has 0 heterocycles. The van der Waals surface area contributed by atoms with E-state index < -0.39 is 0 Å². The van der Waals surface area contributed by atoms with Crippen LogP contribution in [-0.4, -0.2) is 45.3 Å². The first-order chi connectivity index (χ1) is 8.61. The lowest BCUT2D eigenvalue weighted by Gasteiger charge is -2.10. The van der Waals surface area contributed by atoms with Crippen LogP contribution in [0.15, 0.2) is 18.2 Å². The van der Waals surface area contributed by atoms with Crippen LogP contribution in [-0.2, 0) is 11.3 Å². The molecule has 0 fully saturated rings. The Kier molecular flexibility index (Phi) is 7.20. The van der Waals surface area contributed by atoms with Crippen LogP contribution in [0.3, 0.4) is 0 Å². The summed E-state index contributed by atoms with van der Waals surface area (Å²) in [7, 11) is 4.01. The topological polar surface area (TPSA) is 24.5 Å². The third-order valence-electron chi connectivity index (χ3n) is 2.45. The van der Waals surface area contributed by atoms with E-state index in [1.807, 2.05) is 14.1 Å². The third-order valence-corrected chi connectivity index (χ3v) is 2.74. The molecule has 1 aromatic rings. The highest BCUT2D eigenvalue weighted by Gasteiger charge is 2.04. The third kappa shape index (κ3) is 5.78. The monoisotopic (exact) mass is 274 g/mol. The van der Waals surface area contributed by atoms with E-state index in [9.17, 15) is 4.39 Å². The van der Waals surface area contributed by atoms with Gasteiger partial charge in [0.15, 0.2) is 0 Å². The fraction of sp³-hybridized carbons (Fsp3) is 0.538. The van der Waals surface area contributed by atoms with Crippen LogP contribution in [0.4, 0.5) is 4.39 Å². The minimum absolute atomic E-state index is 0.163. The molecule has 0 spiro atoms. The molecule has 1 aromatic carbocycles. The highest BCUT2D eigenvalue weighted by Crippen LogP contribution is 2.17. The Morgan fingerprint density at radius 1 is 1.33 bits per heavy atom. The van der Waals surface area contributed by atoms with Gasteiger partial charge in [-0.3, -0.25) is 0 Å². The maximum Gasteiger partial charge on any atom is 0.146 e. The van der Waals surface area contributed by atoms with Gasteiger partial charge >= 0.3 is 0 Å². The molecule has 1 rings (SSSR count). The Bertz CT molecular complexity index is 361. The molecule has 0 unspecified atom stereocenters. The smallest absolute Gasteiger partial charge is 0.146 e. The van der Waals surface area contributed by atoms with Gasteiger partial charge in [0.25, 0.3) is 0 Å². The summed E-state index contributed by atoms with van der Waals surface area (Å²) in [5.74, 6) is -0.347. The van der Waals surface area contributed by atoms with Gasteiger partial charge in [-0.25, -0.2) is 4.39 Å². The van der Waals surface area contributed by atoms with Crippen molar-refractivity contribution in [1.29, 1.82) is 0 Å². The summed E-state index contributed by atoms with van der Waals surface area (Å²) in [6, 6.07) is 5.02. The van der Waals surface area contributed by atoms with Gasteiger partial charge in [0, 0.05) is 25.2 Å². The Labute approximate surface area is 113 Å². The number of halogens is 2. The normalized spacial score (nSPS) is 11.2. The maximum absolute atomic E-state index is 13.5. The largest absolute Gasteiger partial charge is 0.379 e. The second kappa shape index (κ2) is 8.43. The van der Waals surface area contributed by atoms with E-state index in [0.29, 0.717) is 31.9 Å². The zero-order chi connectivity index (χ0) is 13.4. The minimum Gasteiger partial charge on any atom is -0.379 e. The number of hydrogen-bond acceptors (Lipinski definition) is 3. The van der Waals surface area contributed by atoms with E-state index in [2.05, 4.69) is 10.2 Å². The molecule has 0 aliphatic carbocycles. The number of likely N-dealkylation sites (N-methyl/N-ethyl adjacent to an activating group) is 1. The molecule has 0 aliphatic rings. The van der Waals surface area contributed by atoms with Crippen molar-refractivity contribution in [2.45, 2.75) is 6.54 Å². The fourth-order valence-corrected chi connectivity index (χ4v) is 1.60. The molecular weight excluding hydrogens is 255 g/mol. The average molecular weight is 275 g/mol. The first-order valence-corrected chi connectivity index (χ1v) is 6.35. The van der Waals surface area contributed by atoms with Crippen LogP contribution in [0.1, 0.15) is 5.56 Å². The number of nitrogens with zero attached hydrogens (tertiary/aromatic N) is 1. The van der Waals surface area contributed by atoms with Gasteiger partial charge in [-0.2, -0.15) is 0 Å². The van der Waals surface area contributed by atoms with Gasteiger partial charge in [-0.1, -0.05) is 23.7 Å². The molecular formula is C13H20ClFN2O.